The van der Waals surface area contributed by atoms with E-state index in [9.17, 15) is 32.3 Å². The lowest BCUT2D eigenvalue weighted by molar-refractivity contribution is -0.141. The Balaban J connectivity index is 0.985. The molecule has 0 spiro atoms. The van der Waals surface area contributed by atoms with Crippen molar-refractivity contribution in [1.29, 1.82) is 0 Å². The molecule has 64 heavy (non-hydrogen) atoms. The number of alkyl halides is 3. The van der Waals surface area contributed by atoms with Gasteiger partial charge in [0.05, 0.1) is 38.2 Å². The van der Waals surface area contributed by atoms with E-state index in [2.05, 4.69) is 42.4 Å². The number of alkyl carbamates (subject to hydrolysis) is 2. The predicted molar refractivity (Wildman–Crippen MR) is 224 cm³/mol. The highest BCUT2D eigenvalue weighted by atomic mass is 19.4. The van der Waals surface area contributed by atoms with Crippen LogP contribution in [-0.2, 0) is 34.7 Å². The van der Waals surface area contributed by atoms with E-state index in [-0.39, 0.29) is 36.2 Å². The van der Waals surface area contributed by atoms with Crippen molar-refractivity contribution in [2.24, 2.45) is 11.8 Å². The van der Waals surface area contributed by atoms with Crippen LogP contribution in [0.15, 0.2) is 42.6 Å². The molecule has 0 bridgehead atoms. The zero-order chi connectivity index (χ0) is 45.0. The molecule has 6 heterocycles. The Morgan fingerprint density at radius 1 is 0.750 bits per heavy atom. The quantitative estimate of drug-likeness (QED) is 0.145. The average molecular weight is 889 g/mol. The van der Waals surface area contributed by atoms with Crippen LogP contribution in [0, 0.1) is 23.7 Å². The second-order valence-corrected chi connectivity index (χ2v) is 16.6. The molecule has 4 fully saturated rings. The van der Waals surface area contributed by atoms with Crippen molar-refractivity contribution in [3.63, 3.8) is 0 Å². The third-order valence-electron chi connectivity index (χ3n) is 12.7. The van der Waals surface area contributed by atoms with E-state index in [0.717, 1.165) is 28.5 Å². The molecule has 4 atom stereocenters. The number of H-pyrrole nitrogens is 2. The minimum Gasteiger partial charge on any atom is -0.453 e. The van der Waals surface area contributed by atoms with Crippen molar-refractivity contribution in [1.82, 2.24) is 40.4 Å². The number of hydrogen-bond acceptors (Lipinski definition) is 10. The standard InChI is InChI=1S/C45H51F3N8O8/c1-61-43(59)52-36(27-13-19-63-20-14-27)41(57)55-17-3-5-34(55)39-49-25-33(51-39)31-11-10-29-23-26(7-9-30(29)24-31)8-12-32-38(45(46,47)48)54-40(50-32)35-6-4-18-56(35)42(58)37(53-44(60)62-2)28-15-21-64-22-16-28/h7,9-11,23-25,27-28,34-37H,3-6,13-22H2,1-2H3,(H,49,51)(H,50,54)(H,52,59)(H,53,60)/t34-,35-,36-,37-/m0/s1. The molecule has 4 aliphatic rings. The number of rotatable bonds is 9. The SMILES string of the molecule is COC(=O)N[C@H](C(=O)N1CCC[C@H]1c1ncc(-c2ccc3cc(C#Cc4[nH]c([C@@H]5CCCN5C(=O)[C@@H](NC(=O)OC)C5CCOCC5)nc4C(F)(F)F)ccc3c2)[nH]1)C1CCOCC1. The Labute approximate surface area is 367 Å². The molecular formula is C45H51F3N8O8. The first-order valence-electron chi connectivity index (χ1n) is 21.7. The molecular weight excluding hydrogens is 838 g/mol. The van der Waals surface area contributed by atoms with Crippen LogP contribution < -0.4 is 10.6 Å². The molecule has 340 valence electrons. The fraction of sp³-hybridized carbons (Fsp3) is 0.511. The van der Waals surface area contributed by atoms with Crippen LogP contribution in [-0.4, -0.2) is 120 Å². The first-order valence-corrected chi connectivity index (χ1v) is 21.7. The van der Waals surface area contributed by atoms with Crippen LogP contribution in [0.4, 0.5) is 22.8 Å². The summed E-state index contributed by atoms with van der Waals surface area (Å²) in [6.45, 7) is 2.68. The summed E-state index contributed by atoms with van der Waals surface area (Å²) in [5.41, 5.74) is 0.473. The normalized spacial score (nSPS) is 20.6. The van der Waals surface area contributed by atoms with E-state index in [1.807, 2.05) is 24.3 Å². The molecule has 4 saturated heterocycles. The second kappa shape index (κ2) is 19.3. The third kappa shape index (κ3) is 9.67. The van der Waals surface area contributed by atoms with Gasteiger partial charge in [-0.05, 0) is 98.1 Å². The lowest BCUT2D eigenvalue weighted by Crippen LogP contribution is -2.53. The van der Waals surface area contributed by atoms with Crippen molar-refractivity contribution in [3.05, 3.63) is 71.2 Å². The number of hydrogen-bond donors (Lipinski definition) is 4. The van der Waals surface area contributed by atoms with Gasteiger partial charge in [0.2, 0.25) is 11.8 Å². The molecule has 0 aliphatic carbocycles. The maximum atomic E-state index is 14.4. The molecule has 0 saturated carbocycles. The first kappa shape index (κ1) is 44.5. The summed E-state index contributed by atoms with van der Waals surface area (Å²) in [4.78, 5) is 70.6. The number of likely N-dealkylation sites (tertiary alicyclic amines) is 2. The Morgan fingerprint density at radius 3 is 1.86 bits per heavy atom. The molecule has 8 rings (SSSR count). The van der Waals surface area contributed by atoms with Gasteiger partial charge >= 0.3 is 18.4 Å². The van der Waals surface area contributed by atoms with Crippen molar-refractivity contribution < 1.29 is 51.3 Å². The van der Waals surface area contributed by atoms with Gasteiger partial charge in [-0.25, -0.2) is 19.6 Å². The van der Waals surface area contributed by atoms with Gasteiger partial charge in [0.25, 0.3) is 0 Å². The van der Waals surface area contributed by atoms with Gasteiger partial charge in [-0.2, -0.15) is 13.2 Å². The number of benzene rings is 2. The molecule has 4 N–H and O–H groups in total. The lowest BCUT2D eigenvalue weighted by Gasteiger charge is -2.34. The molecule has 2 aromatic heterocycles. The Kier molecular flexibility index (Phi) is 13.4. The maximum Gasteiger partial charge on any atom is 0.436 e. The number of carbonyl (C=O) groups is 4. The number of ether oxygens (including phenoxy) is 4. The Bertz CT molecular complexity index is 2410. The summed E-state index contributed by atoms with van der Waals surface area (Å²) in [6, 6.07) is 8.34. The Morgan fingerprint density at radius 2 is 1.30 bits per heavy atom. The molecule has 0 unspecified atom stereocenters. The molecule has 4 amide bonds. The monoisotopic (exact) mass is 888 g/mol. The topological polar surface area (TPSA) is 193 Å². The highest BCUT2D eigenvalue weighted by Gasteiger charge is 2.44. The number of aromatic nitrogens is 4. The summed E-state index contributed by atoms with van der Waals surface area (Å²) in [6.07, 6.45) is 0.212. The maximum absolute atomic E-state index is 14.4. The van der Waals surface area contributed by atoms with Gasteiger partial charge in [-0.15, -0.1) is 0 Å². The number of methoxy groups -OCH3 is 2. The van der Waals surface area contributed by atoms with Crippen molar-refractivity contribution in [3.8, 4) is 23.1 Å². The summed E-state index contributed by atoms with van der Waals surface area (Å²) < 4.78 is 63.8. The van der Waals surface area contributed by atoms with Crippen LogP contribution in [0.5, 0.6) is 0 Å². The average Bonchev–Trinajstić information content (AvgIpc) is 4.16. The lowest BCUT2D eigenvalue weighted by atomic mass is 9.90. The van der Waals surface area contributed by atoms with Gasteiger partial charge in [-0.3, -0.25) is 9.59 Å². The summed E-state index contributed by atoms with van der Waals surface area (Å²) in [5, 5.41) is 7.09. The smallest absolute Gasteiger partial charge is 0.436 e. The van der Waals surface area contributed by atoms with E-state index in [4.69, 9.17) is 18.9 Å². The largest absolute Gasteiger partial charge is 0.453 e. The zero-order valence-electron chi connectivity index (χ0n) is 35.6. The van der Waals surface area contributed by atoms with Gasteiger partial charge in [0.1, 0.15) is 29.4 Å². The van der Waals surface area contributed by atoms with E-state index >= 15 is 0 Å². The van der Waals surface area contributed by atoms with E-state index in [1.54, 1.807) is 23.2 Å². The molecule has 16 nitrogen and oxygen atoms in total. The minimum absolute atomic E-state index is 0.0266. The number of imidazole rings is 2. The number of aromatic amines is 2. The highest BCUT2D eigenvalue weighted by molar-refractivity contribution is 5.89. The van der Waals surface area contributed by atoms with E-state index in [1.165, 1.54) is 19.1 Å². The van der Waals surface area contributed by atoms with Crippen LogP contribution >= 0.6 is 0 Å². The van der Waals surface area contributed by atoms with Gasteiger partial charge in [0.15, 0.2) is 5.69 Å². The van der Waals surface area contributed by atoms with Gasteiger partial charge < -0.3 is 49.3 Å². The molecule has 4 aromatic rings. The van der Waals surface area contributed by atoms with E-state index < -0.39 is 53.8 Å². The van der Waals surface area contributed by atoms with Crippen molar-refractivity contribution in [2.75, 3.05) is 53.7 Å². The number of carbonyl (C=O) groups excluding carboxylic acids is 4. The second-order valence-electron chi connectivity index (χ2n) is 16.6. The van der Waals surface area contributed by atoms with Gasteiger partial charge in [0, 0.05) is 50.6 Å². The fourth-order valence-electron chi connectivity index (χ4n) is 9.34. The summed E-state index contributed by atoms with van der Waals surface area (Å²) >= 11 is 0. The zero-order valence-corrected chi connectivity index (χ0v) is 35.6. The number of nitrogens with one attached hydrogen (secondary N) is 4. The number of nitrogens with zero attached hydrogens (tertiary/aromatic N) is 4. The predicted octanol–water partition coefficient (Wildman–Crippen LogP) is 6.00. The highest BCUT2D eigenvalue weighted by Crippen LogP contribution is 2.38. The molecule has 2 aromatic carbocycles. The van der Waals surface area contributed by atoms with Crippen LogP contribution in [0.1, 0.15) is 92.1 Å². The number of fused-ring (bicyclic) bond motifs is 1. The number of amides is 4. The minimum atomic E-state index is -4.82. The molecule has 0 radical (unpaired) electrons. The van der Waals surface area contributed by atoms with Crippen LogP contribution in [0.25, 0.3) is 22.0 Å². The molecule has 19 heteroatoms. The van der Waals surface area contributed by atoms with E-state index in [0.29, 0.717) is 89.3 Å². The first-order chi connectivity index (χ1) is 30.9. The van der Waals surface area contributed by atoms with Crippen LogP contribution in [0.3, 0.4) is 0 Å². The van der Waals surface area contributed by atoms with Crippen molar-refractivity contribution >= 4 is 34.8 Å². The van der Waals surface area contributed by atoms with Gasteiger partial charge in [-0.1, -0.05) is 24.1 Å². The van der Waals surface area contributed by atoms with Crippen molar-refractivity contribution in [2.45, 2.75) is 81.7 Å². The van der Waals surface area contributed by atoms with Crippen LogP contribution in [0.2, 0.25) is 0 Å². The summed E-state index contributed by atoms with van der Waals surface area (Å²) in [7, 11) is 2.47. The third-order valence-corrected chi connectivity index (χ3v) is 12.7. The number of halogens is 3. The summed E-state index contributed by atoms with van der Waals surface area (Å²) in [5.74, 6) is 5.23. The molecule has 4 aliphatic heterocycles. The fourth-order valence-corrected chi connectivity index (χ4v) is 9.34. The Hall–Kier alpha value is -6.13.